The lowest BCUT2D eigenvalue weighted by Crippen LogP contribution is -2.21. The molecule has 2 N–H and O–H groups in total. The second-order valence-corrected chi connectivity index (χ2v) is 4.80. The minimum Gasteiger partial charge on any atom is -0.435 e. The third-order valence-corrected chi connectivity index (χ3v) is 3.23. The first-order valence-electron chi connectivity index (χ1n) is 5.96. The number of alkyl halides is 2. The summed E-state index contributed by atoms with van der Waals surface area (Å²) in [5.74, 6) is 0.0380. The maximum atomic E-state index is 12.1. The van der Waals surface area contributed by atoms with Crippen LogP contribution in [0.15, 0.2) is 35.2 Å². The largest absolute Gasteiger partial charge is 0.435 e. The van der Waals surface area contributed by atoms with Gasteiger partial charge in [0, 0.05) is 18.5 Å². The van der Waals surface area contributed by atoms with E-state index in [1.807, 2.05) is 5.38 Å². The van der Waals surface area contributed by atoms with Gasteiger partial charge < -0.3 is 15.2 Å². The van der Waals surface area contributed by atoms with Gasteiger partial charge in [0.25, 0.3) is 0 Å². The predicted octanol–water partition coefficient (Wildman–Crippen LogP) is 2.57. The number of ether oxygens (including phenoxy) is 1. The summed E-state index contributed by atoms with van der Waals surface area (Å²) in [5, 5.41) is 14.9. The molecule has 7 heteroatoms. The number of aromatic nitrogens is 1. The molecule has 108 valence electrons. The van der Waals surface area contributed by atoms with Crippen molar-refractivity contribution in [2.75, 3.05) is 6.54 Å². The highest BCUT2D eigenvalue weighted by atomic mass is 32.1. The van der Waals surface area contributed by atoms with Crippen LogP contribution >= 0.6 is 11.3 Å². The van der Waals surface area contributed by atoms with Crippen LogP contribution in [0.2, 0.25) is 0 Å². The SMILES string of the molecule is OC(CNCc1cscn1)c1cccc(OC(F)F)c1. The van der Waals surface area contributed by atoms with Crippen LogP contribution in [0.25, 0.3) is 0 Å². The lowest BCUT2D eigenvalue weighted by Gasteiger charge is -2.13. The van der Waals surface area contributed by atoms with Gasteiger partial charge in [0.15, 0.2) is 0 Å². The van der Waals surface area contributed by atoms with Gasteiger partial charge in [-0.05, 0) is 17.7 Å². The van der Waals surface area contributed by atoms with Gasteiger partial charge in [-0.3, -0.25) is 0 Å². The molecule has 1 heterocycles. The van der Waals surface area contributed by atoms with E-state index in [4.69, 9.17) is 0 Å². The average Bonchev–Trinajstić information content (AvgIpc) is 2.91. The number of benzene rings is 1. The highest BCUT2D eigenvalue weighted by Gasteiger charge is 2.10. The van der Waals surface area contributed by atoms with E-state index in [0.717, 1.165) is 5.69 Å². The molecule has 2 aromatic rings. The fourth-order valence-electron chi connectivity index (χ4n) is 1.68. The summed E-state index contributed by atoms with van der Waals surface area (Å²) >= 11 is 1.50. The van der Waals surface area contributed by atoms with Crippen molar-refractivity contribution in [1.29, 1.82) is 0 Å². The normalized spacial score (nSPS) is 12.6. The molecule has 0 saturated carbocycles. The molecule has 0 spiro atoms. The van der Waals surface area contributed by atoms with E-state index in [1.54, 1.807) is 17.6 Å². The zero-order chi connectivity index (χ0) is 14.4. The van der Waals surface area contributed by atoms with Crippen molar-refractivity contribution in [3.8, 4) is 5.75 Å². The quantitative estimate of drug-likeness (QED) is 0.825. The van der Waals surface area contributed by atoms with Crippen molar-refractivity contribution in [3.63, 3.8) is 0 Å². The molecular formula is C13H14F2N2O2S. The van der Waals surface area contributed by atoms with Crippen LogP contribution in [0.1, 0.15) is 17.4 Å². The zero-order valence-corrected chi connectivity index (χ0v) is 11.3. The smallest absolute Gasteiger partial charge is 0.387 e. The van der Waals surface area contributed by atoms with Crippen LogP contribution in [0.5, 0.6) is 5.75 Å². The molecule has 2 rings (SSSR count). The number of aliphatic hydroxyl groups excluding tert-OH is 1. The standard InChI is InChI=1S/C13H14F2N2O2S/c14-13(15)19-11-3-1-2-9(4-11)12(18)6-16-5-10-7-20-8-17-10/h1-4,7-8,12-13,16,18H,5-6H2. The van der Waals surface area contributed by atoms with Crippen molar-refractivity contribution >= 4 is 11.3 Å². The Hall–Kier alpha value is -1.57. The molecule has 0 aliphatic heterocycles. The van der Waals surface area contributed by atoms with Crippen LogP contribution in [0.3, 0.4) is 0 Å². The van der Waals surface area contributed by atoms with Gasteiger partial charge in [-0.1, -0.05) is 12.1 Å². The number of nitrogens with zero attached hydrogens (tertiary/aromatic N) is 1. The fraction of sp³-hybridized carbons (Fsp3) is 0.308. The van der Waals surface area contributed by atoms with Crippen molar-refractivity contribution < 1.29 is 18.6 Å². The molecule has 0 aliphatic carbocycles. The minimum atomic E-state index is -2.87. The second kappa shape index (κ2) is 7.28. The molecule has 0 saturated heterocycles. The topological polar surface area (TPSA) is 54.4 Å². The number of rotatable bonds is 7. The van der Waals surface area contributed by atoms with E-state index in [0.29, 0.717) is 18.7 Å². The van der Waals surface area contributed by atoms with E-state index < -0.39 is 12.7 Å². The Morgan fingerprint density at radius 1 is 1.40 bits per heavy atom. The molecule has 0 amide bonds. The van der Waals surface area contributed by atoms with Gasteiger partial charge in [-0.25, -0.2) is 4.98 Å². The Balaban J connectivity index is 1.86. The van der Waals surface area contributed by atoms with Crippen molar-refractivity contribution in [1.82, 2.24) is 10.3 Å². The Labute approximate surface area is 119 Å². The van der Waals surface area contributed by atoms with Crippen LogP contribution in [-0.4, -0.2) is 23.2 Å². The first-order chi connectivity index (χ1) is 9.65. The maximum absolute atomic E-state index is 12.1. The predicted molar refractivity (Wildman–Crippen MR) is 71.9 cm³/mol. The lowest BCUT2D eigenvalue weighted by molar-refractivity contribution is -0.0499. The fourth-order valence-corrected chi connectivity index (χ4v) is 2.24. The third-order valence-electron chi connectivity index (χ3n) is 2.60. The molecule has 0 bridgehead atoms. The van der Waals surface area contributed by atoms with Crippen LogP contribution in [0.4, 0.5) is 8.78 Å². The molecule has 1 atom stereocenters. The molecule has 1 aromatic heterocycles. The number of nitrogens with one attached hydrogen (secondary N) is 1. The van der Waals surface area contributed by atoms with Gasteiger partial charge >= 0.3 is 6.61 Å². The summed E-state index contributed by atoms with van der Waals surface area (Å²) < 4.78 is 28.5. The monoisotopic (exact) mass is 300 g/mol. The Morgan fingerprint density at radius 2 is 2.25 bits per heavy atom. The molecule has 4 nitrogen and oxygen atoms in total. The van der Waals surface area contributed by atoms with E-state index in [2.05, 4.69) is 15.0 Å². The first kappa shape index (κ1) is 14.8. The Morgan fingerprint density at radius 3 is 2.95 bits per heavy atom. The number of aliphatic hydroxyl groups is 1. The van der Waals surface area contributed by atoms with Gasteiger partial charge in [0.2, 0.25) is 0 Å². The van der Waals surface area contributed by atoms with Crippen molar-refractivity contribution in [2.24, 2.45) is 0 Å². The first-order valence-corrected chi connectivity index (χ1v) is 6.90. The highest BCUT2D eigenvalue weighted by Crippen LogP contribution is 2.20. The molecule has 1 unspecified atom stereocenters. The van der Waals surface area contributed by atoms with Gasteiger partial charge in [-0.15, -0.1) is 11.3 Å². The summed E-state index contributed by atoms with van der Waals surface area (Å²) in [4.78, 5) is 4.10. The Bertz CT molecular complexity index is 523. The molecular weight excluding hydrogens is 286 g/mol. The molecule has 1 aromatic carbocycles. The number of hydrogen-bond acceptors (Lipinski definition) is 5. The molecule has 20 heavy (non-hydrogen) atoms. The van der Waals surface area contributed by atoms with E-state index in [1.165, 1.54) is 23.5 Å². The Kier molecular flexibility index (Phi) is 5.40. The summed E-state index contributed by atoms with van der Waals surface area (Å²) in [7, 11) is 0. The van der Waals surface area contributed by atoms with E-state index in [9.17, 15) is 13.9 Å². The molecule has 0 aliphatic rings. The third kappa shape index (κ3) is 4.52. The van der Waals surface area contributed by atoms with Gasteiger partial charge in [0.1, 0.15) is 5.75 Å². The number of thiazole rings is 1. The summed E-state index contributed by atoms with van der Waals surface area (Å²) in [6.07, 6.45) is -0.796. The summed E-state index contributed by atoms with van der Waals surface area (Å²) in [6, 6.07) is 6.05. The van der Waals surface area contributed by atoms with Crippen LogP contribution in [-0.2, 0) is 6.54 Å². The highest BCUT2D eigenvalue weighted by molar-refractivity contribution is 7.07. The van der Waals surface area contributed by atoms with Crippen molar-refractivity contribution in [2.45, 2.75) is 19.3 Å². The number of hydrogen-bond donors (Lipinski definition) is 2. The minimum absolute atomic E-state index is 0.0380. The van der Waals surface area contributed by atoms with E-state index >= 15 is 0 Å². The summed E-state index contributed by atoms with van der Waals surface area (Å²) in [6.45, 7) is -2.02. The number of halogens is 2. The maximum Gasteiger partial charge on any atom is 0.387 e. The average molecular weight is 300 g/mol. The van der Waals surface area contributed by atoms with Crippen molar-refractivity contribution in [3.05, 3.63) is 46.4 Å². The molecule has 0 fully saturated rings. The molecule has 0 radical (unpaired) electrons. The van der Waals surface area contributed by atoms with E-state index in [-0.39, 0.29) is 5.75 Å². The van der Waals surface area contributed by atoms with Gasteiger partial charge in [0.05, 0.1) is 17.3 Å². The summed E-state index contributed by atoms with van der Waals surface area (Å²) in [5.41, 5.74) is 3.16. The zero-order valence-electron chi connectivity index (χ0n) is 10.5. The second-order valence-electron chi connectivity index (χ2n) is 4.08. The van der Waals surface area contributed by atoms with Crippen LogP contribution in [0, 0.1) is 0 Å². The van der Waals surface area contributed by atoms with Crippen LogP contribution < -0.4 is 10.1 Å². The van der Waals surface area contributed by atoms with Gasteiger partial charge in [-0.2, -0.15) is 8.78 Å². The lowest BCUT2D eigenvalue weighted by atomic mass is 10.1.